The number of carbonyl (C=O) groups excluding carboxylic acids is 1. The van der Waals surface area contributed by atoms with Gasteiger partial charge in [0.15, 0.2) is 5.82 Å². The molecule has 0 spiro atoms. The van der Waals surface area contributed by atoms with Crippen LogP contribution >= 0.6 is 0 Å². The Balaban J connectivity index is 0.00000162. The molecule has 7 nitrogen and oxygen atoms in total. The highest BCUT2D eigenvalue weighted by Crippen LogP contribution is 2.30. The van der Waals surface area contributed by atoms with E-state index in [0.29, 0.717) is 12.4 Å². The van der Waals surface area contributed by atoms with Crippen molar-refractivity contribution in [3.05, 3.63) is 5.82 Å². The Bertz CT molecular complexity index is 389. The summed E-state index contributed by atoms with van der Waals surface area (Å²) in [4.78, 5) is 13.6. The summed E-state index contributed by atoms with van der Waals surface area (Å²) in [6, 6.07) is -0.122. The van der Waals surface area contributed by atoms with Gasteiger partial charge in [-0.3, -0.25) is 4.90 Å². The Labute approximate surface area is 101 Å². The highest BCUT2D eigenvalue weighted by molar-refractivity contribution is 5.69. The van der Waals surface area contributed by atoms with Crippen LogP contribution in [0.4, 0.5) is 4.79 Å². The number of H-pyrrole nitrogens is 1. The van der Waals surface area contributed by atoms with E-state index in [0.717, 1.165) is 12.8 Å². The van der Waals surface area contributed by atoms with Gasteiger partial charge in [0, 0.05) is 7.97 Å². The first-order valence-corrected chi connectivity index (χ1v) is 5.70. The zero-order chi connectivity index (χ0) is 12.5. The van der Waals surface area contributed by atoms with Crippen LogP contribution in [-0.4, -0.2) is 43.8 Å². The smallest absolute Gasteiger partial charge is 0.410 e. The number of likely N-dealkylation sites (tertiary alicyclic amines) is 1. The van der Waals surface area contributed by atoms with Crippen LogP contribution in [0.25, 0.3) is 0 Å². The lowest BCUT2D eigenvalue weighted by atomic mass is 10.2. The van der Waals surface area contributed by atoms with Crippen molar-refractivity contribution in [1.82, 2.24) is 25.5 Å². The van der Waals surface area contributed by atoms with Gasteiger partial charge in [0.2, 0.25) is 0 Å². The first-order chi connectivity index (χ1) is 7.97. The summed E-state index contributed by atoms with van der Waals surface area (Å²) in [5.74, 6) is 0.549. The number of hydrogen-bond donors (Lipinski definition) is 1. The summed E-state index contributed by atoms with van der Waals surface area (Å²) >= 11 is 0. The molecule has 7 heteroatoms. The number of aromatic amines is 1. The largest absolute Gasteiger partial charge is 0.444 e. The maximum absolute atomic E-state index is 12.0. The highest BCUT2D eigenvalue weighted by atomic mass is 16.6. The maximum atomic E-state index is 12.0. The second kappa shape index (κ2) is 4.31. The molecule has 2 rings (SSSR count). The first kappa shape index (κ1) is 11.8. The van der Waals surface area contributed by atoms with Gasteiger partial charge in [-0.2, -0.15) is 5.21 Å². The molecule has 1 fully saturated rings. The fraction of sp³-hybridized carbons (Fsp3) is 0.800. The Morgan fingerprint density at radius 2 is 2.35 bits per heavy atom. The molecule has 1 amide bonds. The number of carbonyl (C=O) groups is 1. The minimum absolute atomic E-state index is 0. The molecule has 1 aromatic rings. The number of ether oxygens (including phenoxy) is 1. The Hall–Kier alpha value is -1.66. The van der Waals surface area contributed by atoms with Crippen LogP contribution in [0.3, 0.4) is 0 Å². The minimum atomic E-state index is -0.485. The first-order valence-electron chi connectivity index (χ1n) is 5.70. The molecule has 0 bridgehead atoms. The fourth-order valence-electron chi connectivity index (χ4n) is 1.88. The molecule has 1 N–H and O–H groups in total. The number of aromatic nitrogens is 4. The van der Waals surface area contributed by atoms with Crippen molar-refractivity contribution in [3.63, 3.8) is 0 Å². The van der Waals surface area contributed by atoms with Crippen molar-refractivity contribution in [1.29, 1.82) is 0 Å². The third-order valence-corrected chi connectivity index (χ3v) is 2.54. The maximum Gasteiger partial charge on any atom is 0.410 e. The number of hydrogen-bond acceptors (Lipinski definition) is 5. The van der Waals surface area contributed by atoms with Crippen molar-refractivity contribution in [2.24, 2.45) is 0 Å². The van der Waals surface area contributed by atoms with E-state index in [1.54, 1.807) is 4.90 Å². The van der Waals surface area contributed by atoms with E-state index >= 15 is 0 Å². The van der Waals surface area contributed by atoms with E-state index in [2.05, 4.69) is 20.6 Å². The molecular weight excluding hydrogens is 222 g/mol. The van der Waals surface area contributed by atoms with Gasteiger partial charge in [-0.1, -0.05) is 5.21 Å². The predicted octanol–water partition coefficient (Wildman–Crippen LogP) is 1.52. The normalized spacial score (nSPS) is 20.6. The summed E-state index contributed by atoms with van der Waals surface area (Å²) in [6.07, 6.45) is 1.46. The topological polar surface area (TPSA) is 84.0 Å². The number of nitrogens with zero attached hydrogens (tertiary/aromatic N) is 4. The fourth-order valence-corrected chi connectivity index (χ4v) is 1.88. The van der Waals surface area contributed by atoms with Crippen LogP contribution in [0.15, 0.2) is 0 Å². The van der Waals surface area contributed by atoms with E-state index in [4.69, 9.17) is 4.74 Å². The summed E-state index contributed by atoms with van der Waals surface area (Å²) in [5.41, 5.74) is -0.485. The van der Waals surface area contributed by atoms with Crippen molar-refractivity contribution in [2.75, 3.05) is 6.54 Å². The monoisotopic (exact) mass is 241 g/mol. The average Bonchev–Trinajstić information content (AvgIpc) is 2.85. The third kappa shape index (κ3) is 2.72. The zero-order valence-corrected chi connectivity index (χ0v) is 10.3. The number of amides is 1. The van der Waals surface area contributed by atoms with Crippen molar-refractivity contribution in [2.45, 2.75) is 45.3 Å². The van der Waals surface area contributed by atoms with Crippen LogP contribution in [-0.2, 0) is 4.74 Å². The molecule has 0 aliphatic carbocycles. The van der Waals surface area contributed by atoms with Crippen LogP contribution in [0, 0.1) is 0 Å². The van der Waals surface area contributed by atoms with Crippen LogP contribution in [0.1, 0.15) is 46.9 Å². The third-order valence-electron chi connectivity index (χ3n) is 2.54. The van der Waals surface area contributed by atoms with E-state index in [-0.39, 0.29) is 13.6 Å². The molecule has 1 aliphatic heterocycles. The Morgan fingerprint density at radius 3 is 2.94 bits per heavy atom. The van der Waals surface area contributed by atoms with Gasteiger partial charge in [0.25, 0.3) is 0 Å². The second-order valence-electron chi connectivity index (χ2n) is 5.10. The average molecular weight is 241 g/mol. The van der Waals surface area contributed by atoms with E-state index in [1.165, 1.54) is 0 Å². The van der Waals surface area contributed by atoms with Gasteiger partial charge in [-0.25, -0.2) is 4.79 Å². The minimum Gasteiger partial charge on any atom is -0.444 e. The van der Waals surface area contributed by atoms with Crippen molar-refractivity contribution in [3.8, 4) is 0 Å². The van der Waals surface area contributed by atoms with Gasteiger partial charge >= 0.3 is 6.09 Å². The molecule has 1 aliphatic rings. The van der Waals surface area contributed by atoms with Gasteiger partial charge in [-0.05, 0) is 33.6 Å². The van der Waals surface area contributed by atoms with Gasteiger partial charge in [-0.15, -0.1) is 10.2 Å². The Kier molecular flexibility index (Phi) is 2.99. The zero-order valence-electron chi connectivity index (χ0n) is 10.3. The molecule has 96 valence electrons. The molecule has 1 aromatic heterocycles. The number of tetrazole rings is 1. The lowest BCUT2D eigenvalue weighted by Gasteiger charge is -2.27. The molecule has 0 saturated carbocycles. The second-order valence-corrected chi connectivity index (χ2v) is 5.10. The van der Waals surface area contributed by atoms with Gasteiger partial charge < -0.3 is 4.74 Å². The Morgan fingerprint density at radius 1 is 1.59 bits per heavy atom. The van der Waals surface area contributed by atoms with Crippen LogP contribution in [0.2, 0.25) is 0 Å². The molecule has 17 heavy (non-hydrogen) atoms. The van der Waals surface area contributed by atoms with E-state index in [9.17, 15) is 4.79 Å². The van der Waals surface area contributed by atoms with Crippen LogP contribution < -0.4 is 0 Å². The van der Waals surface area contributed by atoms with Crippen molar-refractivity contribution < 1.29 is 11.0 Å². The highest BCUT2D eigenvalue weighted by Gasteiger charge is 2.35. The molecule has 1 saturated heterocycles. The SMILES string of the molecule is CC(C)(C)OC(=O)N1CCCC1c1nn[nH]n1.[HH]. The van der Waals surface area contributed by atoms with Crippen molar-refractivity contribution >= 4 is 6.09 Å². The van der Waals surface area contributed by atoms with E-state index < -0.39 is 5.60 Å². The van der Waals surface area contributed by atoms with E-state index in [1.807, 2.05) is 20.8 Å². The lowest BCUT2D eigenvalue weighted by Crippen LogP contribution is -2.36. The number of rotatable bonds is 1. The number of nitrogens with one attached hydrogen (secondary N) is 1. The lowest BCUT2D eigenvalue weighted by molar-refractivity contribution is 0.0218. The summed E-state index contributed by atoms with van der Waals surface area (Å²) in [5, 5.41) is 13.8. The molecule has 0 radical (unpaired) electrons. The summed E-state index contributed by atoms with van der Waals surface area (Å²) in [7, 11) is 0. The molecule has 2 heterocycles. The molecule has 0 aromatic carbocycles. The molecule has 1 atom stereocenters. The quantitative estimate of drug-likeness (QED) is 0.805. The predicted molar refractivity (Wildman–Crippen MR) is 61.2 cm³/mol. The van der Waals surface area contributed by atoms with Gasteiger partial charge in [0.05, 0.1) is 6.04 Å². The standard InChI is InChI=1S/C10H17N5O2.H2/c1-10(2,3)17-9(16)15-6-4-5-7(15)8-11-13-14-12-8;/h7H,4-6H2,1-3H3,(H,11,12,13,14);1H. The molecule has 1 unspecified atom stereocenters. The van der Waals surface area contributed by atoms with Gasteiger partial charge in [0.1, 0.15) is 5.60 Å². The van der Waals surface area contributed by atoms with Crippen LogP contribution in [0.5, 0.6) is 0 Å². The summed E-state index contributed by atoms with van der Waals surface area (Å²) < 4.78 is 5.35. The summed E-state index contributed by atoms with van der Waals surface area (Å²) in [6.45, 7) is 6.23. The molecular formula is C10H19N5O2.